The SMILES string of the molecule is CNc1cc(NCCN(C)C(C)C)nc(C2CC2)n1. The van der Waals surface area contributed by atoms with E-state index in [1.165, 1.54) is 12.8 Å². The number of anilines is 2. The van der Waals surface area contributed by atoms with Gasteiger partial charge in [0.1, 0.15) is 17.5 Å². The first-order valence-electron chi connectivity index (χ1n) is 7.11. The molecule has 0 saturated heterocycles. The van der Waals surface area contributed by atoms with Crippen LogP contribution in [-0.4, -0.2) is 48.1 Å². The van der Waals surface area contributed by atoms with Crippen molar-refractivity contribution in [3.63, 3.8) is 0 Å². The van der Waals surface area contributed by atoms with Crippen LogP contribution >= 0.6 is 0 Å². The highest BCUT2D eigenvalue weighted by Gasteiger charge is 2.27. The Balaban J connectivity index is 1.93. The number of nitrogens with zero attached hydrogens (tertiary/aromatic N) is 3. The summed E-state index contributed by atoms with van der Waals surface area (Å²) in [6, 6.07) is 2.54. The molecule has 106 valence electrons. The van der Waals surface area contributed by atoms with E-state index in [1.807, 2.05) is 13.1 Å². The third-order valence-corrected chi connectivity index (χ3v) is 3.59. The largest absolute Gasteiger partial charge is 0.373 e. The second-order valence-corrected chi connectivity index (χ2v) is 5.52. The molecule has 2 rings (SSSR count). The van der Waals surface area contributed by atoms with Crippen LogP contribution in [0.5, 0.6) is 0 Å². The first-order chi connectivity index (χ1) is 9.10. The van der Waals surface area contributed by atoms with Crippen molar-refractivity contribution in [3.05, 3.63) is 11.9 Å². The Labute approximate surface area is 115 Å². The molecule has 1 fully saturated rings. The fourth-order valence-corrected chi connectivity index (χ4v) is 1.83. The van der Waals surface area contributed by atoms with Crippen molar-refractivity contribution in [3.8, 4) is 0 Å². The summed E-state index contributed by atoms with van der Waals surface area (Å²) in [5, 5.41) is 6.50. The monoisotopic (exact) mass is 263 g/mol. The quantitative estimate of drug-likeness (QED) is 0.789. The first-order valence-corrected chi connectivity index (χ1v) is 7.11. The van der Waals surface area contributed by atoms with Gasteiger partial charge in [0, 0.05) is 38.2 Å². The second kappa shape index (κ2) is 6.19. The summed E-state index contributed by atoms with van der Waals surface area (Å²) in [6.07, 6.45) is 2.45. The van der Waals surface area contributed by atoms with E-state index in [9.17, 15) is 0 Å². The maximum absolute atomic E-state index is 4.60. The summed E-state index contributed by atoms with van der Waals surface area (Å²) in [7, 11) is 4.04. The zero-order chi connectivity index (χ0) is 13.8. The van der Waals surface area contributed by atoms with Crippen LogP contribution in [0.1, 0.15) is 38.4 Å². The van der Waals surface area contributed by atoms with Crippen molar-refractivity contribution < 1.29 is 0 Å². The lowest BCUT2D eigenvalue weighted by atomic mass is 10.3. The predicted molar refractivity (Wildman–Crippen MR) is 79.8 cm³/mol. The molecule has 19 heavy (non-hydrogen) atoms. The Morgan fingerprint density at radius 1 is 1.32 bits per heavy atom. The summed E-state index contributed by atoms with van der Waals surface area (Å²) in [4.78, 5) is 11.4. The fraction of sp³-hybridized carbons (Fsp3) is 0.714. The molecular formula is C14H25N5. The highest BCUT2D eigenvalue weighted by molar-refractivity contribution is 5.47. The maximum atomic E-state index is 4.60. The van der Waals surface area contributed by atoms with Crippen LogP contribution in [-0.2, 0) is 0 Å². The summed E-state index contributed by atoms with van der Waals surface area (Å²) < 4.78 is 0. The van der Waals surface area contributed by atoms with Gasteiger partial charge >= 0.3 is 0 Å². The van der Waals surface area contributed by atoms with Crippen molar-refractivity contribution in [2.75, 3.05) is 37.8 Å². The average molecular weight is 263 g/mol. The predicted octanol–water partition coefficient (Wildman–Crippen LogP) is 2.15. The van der Waals surface area contributed by atoms with E-state index < -0.39 is 0 Å². The summed E-state index contributed by atoms with van der Waals surface area (Å²) in [5.41, 5.74) is 0. The van der Waals surface area contributed by atoms with Gasteiger partial charge in [0.05, 0.1) is 0 Å². The van der Waals surface area contributed by atoms with E-state index in [1.54, 1.807) is 0 Å². The van der Waals surface area contributed by atoms with Crippen molar-refractivity contribution >= 4 is 11.6 Å². The Kier molecular flexibility index (Phi) is 4.58. The molecule has 1 aliphatic carbocycles. The van der Waals surface area contributed by atoms with Crippen LogP contribution in [0.25, 0.3) is 0 Å². The highest BCUT2D eigenvalue weighted by atomic mass is 15.1. The van der Waals surface area contributed by atoms with Crippen LogP contribution in [0, 0.1) is 0 Å². The summed E-state index contributed by atoms with van der Waals surface area (Å²) in [5.74, 6) is 3.38. The number of rotatable bonds is 7. The van der Waals surface area contributed by atoms with Gasteiger partial charge in [-0.2, -0.15) is 0 Å². The van der Waals surface area contributed by atoms with Crippen LogP contribution < -0.4 is 10.6 Å². The molecule has 0 bridgehead atoms. The van der Waals surface area contributed by atoms with Crippen LogP contribution in [0.15, 0.2) is 6.07 Å². The molecule has 1 aromatic rings. The number of aromatic nitrogens is 2. The van der Waals surface area contributed by atoms with E-state index in [0.717, 1.165) is 30.5 Å². The van der Waals surface area contributed by atoms with Crippen molar-refractivity contribution in [2.45, 2.75) is 38.6 Å². The van der Waals surface area contributed by atoms with Gasteiger partial charge in [-0.25, -0.2) is 9.97 Å². The van der Waals surface area contributed by atoms with E-state index in [2.05, 4.69) is 46.4 Å². The molecule has 0 aliphatic heterocycles. The van der Waals surface area contributed by atoms with E-state index in [4.69, 9.17) is 0 Å². The number of likely N-dealkylation sites (N-methyl/N-ethyl adjacent to an activating group) is 1. The number of nitrogens with one attached hydrogen (secondary N) is 2. The molecule has 5 nitrogen and oxygen atoms in total. The molecule has 2 N–H and O–H groups in total. The lowest BCUT2D eigenvalue weighted by Crippen LogP contribution is -2.31. The number of hydrogen-bond donors (Lipinski definition) is 2. The minimum Gasteiger partial charge on any atom is -0.373 e. The molecule has 0 atom stereocenters. The minimum absolute atomic E-state index is 0.571. The molecule has 0 spiro atoms. The molecule has 1 aliphatic rings. The second-order valence-electron chi connectivity index (χ2n) is 5.52. The first kappa shape index (κ1) is 14.1. The minimum atomic E-state index is 0.571. The van der Waals surface area contributed by atoms with Gasteiger partial charge in [-0.3, -0.25) is 0 Å². The average Bonchev–Trinajstić information content (AvgIpc) is 3.22. The molecule has 0 radical (unpaired) electrons. The van der Waals surface area contributed by atoms with Crippen molar-refractivity contribution in [2.24, 2.45) is 0 Å². The van der Waals surface area contributed by atoms with Gasteiger partial charge in [0.2, 0.25) is 0 Å². The third-order valence-electron chi connectivity index (χ3n) is 3.59. The van der Waals surface area contributed by atoms with E-state index in [-0.39, 0.29) is 0 Å². The Bertz CT molecular complexity index is 414. The molecule has 1 aromatic heterocycles. The Hall–Kier alpha value is -1.36. The van der Waals surface area contributed by atoms with Crippen molar-refractivity contribution in [1.82, 2.24) is 14.9 Å². The standard InChI is InChI=1S/C14H25N5/c1-10(2)19(4)8-7-16-13-9-12(15-3)17-14(18-13)11-5-6-11/h9-11H,5-8H2,1-4H3,(H2,15,16,17,18). The molecule has 0 unspecified atom stereocenters. The van der Waals surface area contributed by atoms with Crippen LogP contribution in [0.3, 0.4) is 0 Å². The van der Waals surface area contributed by atoms with Crippen molar-refractivity contribution in [1.29, 1.82) is 0 Å². The molecular weight excluding hydrogens is 238 g/mol. The summed E-state index contributed by atoms with van der Waals surface area (Å²) >= 11 is 0. The fourth-order valence-electron chi connectivity index (χ4n) is 1.83. The Morgan fingerprint density at radius 2 is 2.00 bits per heavy atom. The van der Waals surface area contributed by atoms with Gasteiger partial charge in [0.15, 0.2) is 0 Å². The smallest absolute Gasteiger partial charge is 0.136 e. The van der Waals surface area contributed by atoms with E-state index in [0.29, 0.717) is 12.0 Å². The molecule has 0 amide bonds. The molecule has 1 heterocycles. The zero-order valence-electron chi connectivity index (χ0n) is 12.4. The van der Waals surface area contributed by atoms with Gasteiger partial charge in [-0.15, -0.1) is 0 Å². The zero-order valence-corrected chi connectivity index (χ0v) is 12.4. The topological polar surface area (TPSA) is 53.1 Å². The highest BCUT2D eigenvalue weighted by Crippen LogP contribution is 2.38. The van der Waals surface area contributed by atoms with Gasteiger partial charge in [0.25, 0.3) is 0 Å². The third kappa shape index (κ3) is 4.06. The molecule has 5 heteroatoms. The molecule has 0 aromatic carbocycles. The maximum Gasteiger partial charge on any atom is 0.136 e. The molecule has 1 saturated carbocycles. The lowest BCUT2D eigenvalue weighted by Gasteiger charge is -2.21. The number of hydrogen-bond acceptors (Lipinski definition) is 5. The van der Waals surface area contributed by atoms with Gasteiger partial charge < -0.3 is 15.5 Å². The Morgan fingerprint density at radius 3 is 2.58 bits per heavy atom. The normalized spacial score (nSPS) is 15.1. The van der Waals surface area contributed by atoms with Gasteiger partial charge in [-0.05, 0) is 33.7 Å². The van der Waals surface area contributed by atoms with Gasteiger partial charge in [-0.1, -0.05) is 0 Å². The summed E-state index contributed by atoms with van der Waals surface area (Å²) in [6.45, 7) is 6.32. The lowest BCUT2D eigenvalue weighted by molar-refractivity contribution is 0.284. The van der Waals surface area contributed by atoms with Crippen LogP contribution in [0.2, 0.25) is 0 Å². The van der Waals surface area contributed by atoms with E-state index >= 15 is 0 Å². The van der Waals surface area contributed by atoms with Crippen LogP contribution in [0.4, 0.5) is 11.6 Å².